The van der Waals surface area contributed by atoms with Crippen LogP contribution in [-0.2, 0) is 11.2 Å². The Hall–Kier alpha value is -1.42. The molecule has 1 spiro atoms. The minimum Gasteiger partial charge on any atom is -0.338 e. The van der Waals surface area contributed by atoms with Crippen LogP contribution in [0.2, 0.25) is 0 Å². The molecule has 2 aliphatic rings. The highest BCUT2D eigenvalue weighted by molar-refractivity contribution is 5.79. The van der Waals surface area contributed by atoms with Crippen LogP contribution in [0.3, 0.4) is 0 Å². The van der Waals surface area contributed by atoms with Crippen molar-refractivity contribution in [2.75, 3.05) is 20.1 Å². The van der Waals surface area contributed by atoms with Crippen LogP contribution >= 0.6 is 0 Å². The third-order valence-corrected chi connectivity index (χ3v) is 6.06. The first kappa shape index (κ1) is 17.4. The van der Waals surface area contributed by atoms with Gasteiger partial charge in [0.05, 0.1) is 6.42 Å². The molecular weight excluding hydrogens is 303 g/mol. The van der Waals surface area contributed by atoms with Crippen LogP contribution in [0.15, 0.2) is 24.3 Å². The van der Waals surface area contributed by atoms with Gasteiger partial charge in [0.25, 0.3) is 0 Å². The number of hydrogen-bond acceptors (Lipinski definition) is 2. The van der Waals surface area contributed by atoms with Gasteiger partial charge in [-0.2, -0.15) is 0 Å². The van der Waals surface area contributed by atoms with Gasteiger partial charge in [-0.3, -0.25) is 9.69 Å². The second kappa shape index (κ2) is 7.22. The molecule has 1 aromatic carbocycles. The van der Waals surface area contributed by atoms with E-state index in [1.54, 1.807) is 12.1 Å². The quantitative estimate of drug-likeness (QED) is 0.841. The molecule has 1 aliphatic heterocycles. The highest BCUT2D eigenvalue weighted by Crippen LogP contribution is 2.42. The number of benzene rings is 1. The third-order valence-electron chi connectivity index (χ3n) is 6.06. The van der Waals surface area contributed by atoms with Crippen molar-refractivity contribution >= 4 is 5.91 Å². The molecule has 3 nitrogen and oxygen atoms in total. The average Bonchev–Trinajstić information content (AvgIpc) is 2.87. The molecule has 1 aromatic rings. The van der Waals surface area contributed by atoms with Crippen molar-refractivity contribution in [1.82, 2.24) is 9.80 Å². The van der Waals surface area contributed by atoms with Crippen molar-refractivity contribution in [3.63, 3.8) is 0 Å². The standard InChI is InChI=1S/C20H29FN2O/c1-3-23(19(24)13-16-7-9-17(21)10-8-16)18-14-20(22(2)15-18)11-5-4-6-12-20/h7-10,18H,3-6,11-15H2,1-2H3/t18-/m1/s1. The van der Waals surface area contributed by atoms with E-state index in [9.17, 15) is 9.18 Å². The second-order valence-electron chi connectivity index (χ2n) is 7.51. The van der Waals surface area contributed by atoms with Gasteiger partial charge in [0.1, 0.15) is 5.82 Å². The molecule has 1 atom stereocenters. The van der Waals surface area contributed by atoms with Gasteiger partial charge in [0.15, 0.2) is 0 Å². The van der Waals surface area contributed by atoms with Gasteiger partial charge >= 0.3 is 0 Å². The summed E-state index contributed by atoms with van der Waals surface area (Å²) >= 11 is 0. The Balaban J connectivity index is 1.67. The van der Waals surface area contributed by atoms with E-state index >= 15 is 0 Å². The second-order valence-corrected chi connectivity index (χ2v) is 7.51. The molecule has 0 unspecified atom stereocenters. The molecule has 1 aliphatic carbocycles. The molecule has 4 heteroatoms. The largest absolute Gasteiger partial charge is 0.338 e. The first-order chi connectivity index (χ1) is 11.5. The minimum atomic E-state index is -0.254. The normalized spacial score (nSPS) is 23.5. The van der Waals surface area contributed by atoms with E-state index in [2.05, 4.69) is 18.9 Å². The van der Waals surface area contributed by atoms with Crippen LogP contribution < -0.4 is 0 Å². The number of halogens is 1. The lowest BCUT2D eigenvalue weighted by Crippen LogP contribution is -2.42. The Morgan fingerprint density at radius 1 is 1.25 bits per heavy atom. The van der Waals surface area contributed by atoms with Gasteiger partial charge in [0, 0.05) is 24.7 Å². The summed E-state index contributed by atoms with van der Waals surface area (Å²) in [6, 6.07) is 6.60. The molecule has 0 N–H and O–H groups in total. The maximum atomic E-state index is 13.0. The number of carbonyl (C=O) groups excluding carboxylic acids is 1. The zero-order valence-electron chi connectivity index (χ0n) is 14.9. The Morgan fingerprint density at radius 3 is 2.54 bits per heavy atom. The minimum absolute atomic E-state index is 0.162. The number of likely N-dealkylation sites (tertiary alicyclic amines) is 1. The van der Waals surface area contributed by atoms with Crippen molar-refractivity contribution in [1.29, 1.82) is 0 Å². The Labute approximate surface area is 144 Å². The predicted molar refractivity (Wildman–Crippen MR) is 94.3 cm³/mol. The molecule has 24 heavy (non-hydrogen) atoms. The molecule has 0 radical (unpaired) electrons. The molecule has 1 saturated carbocycles. The summed E-state index contributed by atoms with van der Waals surface area (Å²) in [5.41, 5.74) is 1.20. The summed E-state index contributed by atoms with van der Waals surface area (Å²) in [7, 11) is 2.23. The van der Waals surface area contributed by atoms with E-state index in [-0.39, 0.29) is 11.7 Å². The van der Waals surface area contributed by atoms with Gasteiger partial charge in [-0.15, -0.1) is 0 Å². The molecule has 1 amide bonds. The predicted octanol–water partition coefficient (Wildman–Crippen LogP) is 3.62. The first-order valence-corrected chi connectivity index (χ1v) is 9.29. The van der Waals surface area contributed by atoms with Crippen LogP contribution in [0.1, 0.15) is 51.0 Å². The van der Waals surface area contributed by atoms with Crippen LogP contribution in [0, 0.1) is 5.82 Å². The molecule has 0 bridgehead atoms. The fraction of sp³-hybridized carbons (Fsp3) is 0.650. The summed E-state index contributed by atoms with van der Waals surface area (Å²) in [6.45, 7) is 3.78. The summed E-state index contributed by atoms with van der Waals surface area (Å²) in [6.07, 6.45) is 7.97. The van der Waals surface area contributed by atoms with Crippen LogP contribution in [0.4, 0.5) is 4.39 Å². The van der Waals surface area contributed by atoms with Crippen molar-refractivity contribution in [3.05, 3.63) is 35.6 Å². The summed E-state index contributed by atoms with van der Waals surface area (Å²) in [5.74, 6) is -0.0921. The first-order valence-electron chi connectivity index (χ1n) is 9.29. The number of likely N-dealkylation sites (N-methyl/N-ethyl adjacent to an activating group) is 2. The van der Waals surface area contributed by atoms with E-state index in [4.69, 9.17) is 0 Å². The summed E-state index contributed by atoms with van der Waals surface area (Å²) in [4.78, 5) is 17.4. The Morgan fingerprint density at radius 2 is 1.92 bits per heavy atom. The molecule has 1 heterocycles. The molecule has 132 valence electrons. The van der Waals surface area contributed by atoms with E-state index in [0.29, 0.717) is 18.0 Å². The van der Waals surface area contributed by atoms with Gasteiger partial charge < -0.3 is 4.90 Å². The number of carbonyl (C=O) groups is 1. The summed E-state index contributed by atoms with van der Waals surface area (Å²) < 4.78 is 13.0. The van der Waals surface area contributed by atoms with Crippen molar-refractivity contribution in [2.24, 2.45) is 0 Å². The number of nitrogens with zero attached hydrogens (tertiary/aromatic N) is 2. The lowest BCUT2D eigenvalue weighted by molar-refractivity contribution is -0.132. The fourth-order valence-corrected chi connectivity index (χ4v) is 4.69. The number of amides is 1. The zero-order chi connectivity index (χ0) is 17.2. The fourth-order valence-electron chi connectivity index (χ4n) is 4.69. The summed E-state index contributed by atoms with van der Waals surface area (Å²) in [5, 5.41) is 0. The smallest absolute Gasteiger partial charge is 0.227 e. The molecule has 3 rings (SSSR count). The maximum Gasteiger partial charge on any atom is 0.227 e. The van der Waals surface area contributed by atoms with Crippen LogP contribution in [-0.4, -0.2) is 47.4 Å². The zero-order valence-corrected chi connectivity index (χ0v) is 14.9. The van der Waals surface area contributed by atoms with Crippen molar-refractivity contribution < 1.29 is 9.18 Å². The number of hydrogen-bond donors (Lipinski definition) is 0. The van der Waals surface area contributed by atoms with Gasteiger partial charge in [-0.1, -0.05) is 31.4 Å². The molecule has 0 aromatic heterocycles. The Kier molecular flexibility index (Phi) is 5.24. The van der Waals surface area contributed by atoms with Gasteiger partial charge in [-0.05, 0) is 50.9 Å². The SMILES string of the molecule is CCN(C(=O)Cc1ccc(F)cc1)[C@H]1CN(C)C2(CCCCC2)C1. The van der Waals surface area contributed by atoms with Crippen LogP contribution in [0.5, 0.6) is 0 Å². The van der Waals surface area contributed by atoms with Crippen LogP contribution in [0.25, 0.3) is 0 Å². The van der Waals surface area contributed by atoms with Gasteiger partial charge in [-0.25, -0.2) is 4.39 Å². The van der Waals surface area contributed by atoms with E-state index in [1.165, 1.54) is 44.2 Å². The lowest BCUT2D eigenvalue weighted by Gasteiger charge is -2.39. The number of rotatable bonds is 4. The maximum absolute atomic E-state index is 13.0. The highest BCUT2D eigenvalue weighted by atomic mass is 19.1. The van der Waals surface area contributed by atoms with Gasteiger partial charge in [0.2, 0.25) is 5.91 Å². The molecular formula is C20H29FN2O. The average molecular weight is 332 g/mol. The van der Waals surface area contributed by atoms with E-state index in [1.807, 2.05) is 4.90 Å². The molecule has 2 fully saturated rings. The lowest BCUT2D eigenvalue weighted by atomic mass is 9.79. The highest BCUT2D eigenvalue weighted by Gasteiger charge is 2.46. The topological polar surface area (TPSA) is 23.6 Å². The van der Waals surface area contributed by atoms with E-state index < -0.39 is 0 Å². The monoisotopic (exact) mass is 332 g/mol. The molecule has 1 saturated heterocycles. The Bertz CT molecular complexity index is 566. The third kappa shape index (κ3) is 3.49. The van der Waals surface area contributed by atoms with Crippen molar-refractivity contribution in [2.45, 2.75) is 63.5 Å². The van der Waals surface area contributed by atoms with Crippen molar-refractivity contribution in [3.8, 4) is 0 Å². The van der Waals surface area contributed by atoms with E-state index in [0.717, 1.165) is 25.1 Å².